The highest BCUT2D eigenvalue weighted by molar-refractivity contribution is 9.10. The Hall–Kier alpha value is -2.05. The molecule has 0 unspecified atom stereocenters. The molecular formula is C21H18BrN3OS. The smallest absolute Gasteiger partial charge is 0.161 e. The van der Waals surface area contributed by atoms with Crippen LogP contribution in [0.1, 0.15) is 30.5 Å². The second kappa shape index (κ2) is 6.84. The van der Waals surface area contributed by atoms with Gasteiger partial charge in [-0.1, -0.05) is 52.8 Å². The number of pyridine rings is 1. The molecule has 0 saturated carbocycles. The summed E-state index contributed by atoms with van der Waals surface area (Å²) in [6, 6.07) is 18.4. The van der Waals surface area contributed by atoms with Crippen molar-refractivity contribution in [2.45, 2.75) is 24.3 Å². The highest BCUT2D eigenvalue weighted by Crippen LogP contribution is 2.48. The van der Waals surface area contributed by atoms with Crippen molar-refractivity contribution in [3.05, 3.63) is 76.7 Å². The third-order valence-electron chi connectivity index (χ3n) is 4.93. The normalized spacial score (nSPS) is 24.1. The molecule has 6 heteroatoms. The van der Waals surface area contributed by atoms with Crippen LogP contribution in [-0.4, -0.2) is 26.8 Å². The number of halogens is 1. The number of thioether (sulfide) groups is 1. The van der Waals surface area contributed by atoms with Crippen molar-refractivity contribution in [2.75, 3.05) is 6.54 Å². The van der Waals surface area contributed by atoms with Gasteiger partial charge in [0.1, 0.15) is 23.6 Å². The maximum Gasteiger partial charge on any atom is 0.161 e. The summed E-state index contributed by atoms with van der Waals surface area (Å²) in [5, 5.41) is 1.64. The number of furan rings is 1. The minimum absolute atomic E-state index is 0.0369. The predicted octanol–water partition coefficient (Wildman–Crippen LogP) is 5.69. The third kappa shape index (κ3) is 3.11. The van der Waals surface area contributed by atoms with Crippen LogP contribution < -0.4 is 0 Å². The Morgan fingerprint density at radius 3 is 2.74 bits per heavy atom. The predicted molar refractivity (Wildman–Crippen MR) is 113 cm³/mol. The quantitative estimate of drug-likeness (QED) is 0.525. The summed E-state index contributed by atoms with van der Waals surface area (Å²) < 4.78 is 7.38. The number of hydrogen-bond acceptors (Lipinski definition) is 5. The van der Waals surface area contributed by atoms with Crippen LogP contribution in [0.25, 0.3) is 11.3 Å². The summed E-state index contributed by atoms with van der Waals surface area (Å²) in [5.74, 6) is 1.82. The van der Waals surface area contributed by atoms with E-state index < -0.39 is 0 Å². The Labute approximate surface area is 170 Å². The van der Waals surface area contributed by atoms with Gasteiger partial charge >= 0.3 is 0 Å². The number of benzene rings is 1. The van der Waals surface area contributed by atoms with E-state index in [9.17, 15) is 0 Å². The molecule has 1 aromatic carbocycles. The molecule has 3 aromatic rings. The molecule has 0 radical (unpaired) electrons. The maximum atomic E-state index is 6.32. The maximum absolute atomic E-state index is 6.32. The Bertz CT molecular complexity index is 986. The number of nitrogens with zero attached hydrogens (tertiary/aromatic N) is 3. The van der Waals surface area contributed by atoms with E-state index in [1.54, 1.807) is 0 Å². The Kier molecular flexibility index (Phi) is 4.32. The largest absolute Gasteiger partial charge is 0.459 e. The average Bonchev–Trinajstić information content (AvgIpc) is 3.37. The van der Waals surface area contributed by atoms with Gasteiger partial charge in [-0.05, 0) is 36.4 Å². The highest BCUT2D eigenvalue weighted by atomic mass is 79.9. The van der Waals surface area contributed by atoms with E-state index in [0.29, 0.717) is 5.25 Å². The van der Waals surface area contributed by atoms with Gasteiger partial charge < -0.3 is 9.32 Å². The van der Waals surface area contributed by atoms with Crippen LogP contribution in [-0.2, 0) is 0 Å². The standard InChI is InChI=1S/C21H18BrN3OS/c1-13-12-25-20(19(24-21(25)27-13)16-4-2-3-11-23-16)18-10-9-17(26-18)14-5-7-15(22)8-6-14/h2-11,13,19-20H,12H2,1H3/t13-,19+,20+/m1/s1. The fourth-order valence-electron chi connectivity index (χ4n) is 3.71. The van der Waals surface area contributed by atoms with Gasteiger partial charge in [-0.25, -0.2) is 4.99 Å². The average molecular weight is 440 g/mol. The first-order chi connectivity index (χ1) is 13.2. The number of aliphatic imine (C=N–C) groups is 1. The second-order valence-electron chi connectivity index (χ2n) is 6.85. The first-order valence-corrected chi connectivity index (χ1v) is 10.6. The van der Waals surface area contributed by atoms with Gasteiger partial charge in [0.25, 0.3) is 0 Å². The molecular weight excluding hydrogens is 422 g/mol. The van der Waals surface area contributed by atoms with Gasteiger partial charge in [0.05, 0.1) is 5.69 Å². The first kappa shape index (κ1) is 17.1. The lowest BCUT2D eigenvalue weighted by Crippen LogP contribution is -2.28. The lowest BCUT2D eigenvalue weighted by molar-refractivity contribution is 0.277. The highest BCUT2D eigenvalue weighted by Gasteiger charge is 2.45. The minimum atomic E-state index is -0.0369. The summed E-state index contributed by atoms with van der Waals surface area (Å²) in [6.45, 7) is 3.22. The zero-order chi connectivity index (χ0) is 18.4. The van der Waals surface area contributed by atoms with Gasteiger partial charge in [0.15, 0.2) is 5.17 Å². The summed E-state index contributed by atoms with van der Waals surface area (Å²) in [6.07, 6.45) is 1.83. The monoisotopic (exact) mass is 439 g/mol. The van der Waals surface area contributed by atoms with E-state index >= 15 is 0 Å². The topological polar surface area (TPSA) is 41.6 Å². The molecule has 5 rings (SSSR count). The number of hydrogen-bond donors (Lipinski definition) is 0. The van der Waals surface area contributed by atoms with Crippen molar-refractivity contribution in [2.24, 2.45) is 4.99 Å². The van der Waals surface area contributed by atoms with E-state index in [0.717, 1.165) is 39.0 Å². The summed E-state index contributed by atoms with van der Waals surface area (Å²) in [7, 11) is 0. The van der Waals surface area contributed by atoms with Crippen LogP contribution in [0.4, 0.5) is 0 Å². The molecule has 1 fully saturated rings. The van der Waals surface area contributed by atoms with E-state index in [-0.39, 0.29) is 12.1 Å². The Morgan fingerprint density at radius 1 is 1.11 bits per heavy atom. The lowest BCUT2D eigenvalue weighted by Gasteiger charge is -2.25. The molecule has 3 atom stereocenters. The van der Waals surface area contributed by atoms with Crippen LogP contribution in [0, 0.1) is 0 Å². The number of fused-ring (bicyclic) bond motifs is 1. The van der Waals surface area contributed by atoms with Gasteiger partial charge in [0, 0.05) is 28.0 Å². The van der Waals surface area contributed by atoms with E-state index in [2.05, 4.69) is 63.1 Å². The van der Waals surface area contributed by atoms with Gasteiger partial charge in [-0.2, -0.15) is 0 Å². The first-order valence-electron chi connectivity index (χ1n) is 8.97. The summed E-state index contributed by atoms with van der Waals surface area (Å²) in [5.41, 5.74) is 2.06. The summed E-state index contributed by atoms with van der Waals surface area (Å²) in [4.78, 5) is 11.9. The number of rotatable bonds is 3. The molecule has 2 aromatic heterocycles. The molecule has 2 aliphatic rings. The molecule has 136 valence electrons. The molecule has 0 spiro atoms. The SMILES string of the molecule is C[C@@H]1CN2C(=N[C@@H](c3ccccn3)[C@@H]2c2ccc(-c3ccc(Br)cc3)o2)S1. The van der Waals surface area contributed by atoms with E-state index in [1.165, 1.54) is 0 Å². The van der Waals surface area contributed by atoms with Crippen LogP contribution >= 0.6 is 27.7 Å². The summed E-state index contributed by atoms with van der Waals surface area (Å²) >= 11 is 5.32. The zero-order valence-corrected chi connectivity index (χ0v) is 17.2. The van der Waals surface area contributed by atoms with Crippen LogP contribution in [0.2, 0.25) is 0 Å². The van der Waals surface area contributed by atoms with Crippen LogP contribution in [0.3, 0.4) is 0 Å². The van der Waals surface area contributed by atoms with Crippen molar-refractivity contribution in [1.29, 1.82) is 0 Å². The lowest BCUT2D eigenvalue weighted by atomic mass is 10.0. The number of amidine groups is 1. The molecule has 0 amide bonds. The third-order valence-corrected chi connectivity index (χ3v) is 6.56. The van der Waals surface area contributed by atoms with Crippen molar-refractivity contribution in [1.82, 2.24) is 9.88 Å². The molecule has 1 saturated heterocycles. The van der Waals surface area contributed by atoms with E-state index in [1.807, 2.05) is 42.2 Å². The molecule has 4 heterocycles. The Balaban J connectivity index is 1.53. The van der Waals surface area contributed by atoms with Gasteiger partial charge in [0.2, 0.25) is 0 Å². The molecule has 0 bridgehead atoms. The zero-order valence-electron chi connectivity index (χ0n) is 14.7. The Morgan fingerprint density at radius 2 is 1.96 bits per heavy atom. The second-order valence-corrected chi connectivity index (χ2v) is 9.17. The van der Waals surface area contributed by atoms with Crippen molar-refractivity contribution < 1.29 is 4.42 Å². The number of aromatic nitrogens is 1. The van der Waals surface area contributed by atoms with E-state index in [4.69, 9.17) is 9.41 Å². The minimum Gasteiger partial charge on any atom is -0.459 e. The van der Waals surface area contributed by atoms with Crippen molar-refractivity contribution >= 4 is 32.9 Å². The fourth-order valence-corrected chi connectivity index (χ4v) is 5.06. The van der Waals surface area contributed by atoms with Gasteiger partial charge in [-0.3, -0.25) is 4.98 Å². The molecule has 4 nitrogen and oxygen atoms in total. The van der Waals surface area contributed by atoms with Crippen molar-refractivity contribution in [3.63, 3.8) is 0 Å². The van der Waals surface area contributed by atoms with Crippen molar-refractivity contribution in [3.8, 4) is 11.3 Å². The fraction of sp³-hybridized carbons (Fsp3) is 0.238. The molecule has 0 N–H and O–H groups in total. The molecule has 2 aliphatic heterocycles. The van der Waals surface area contributed by atoms with Crippen LogP contribution in [0.15, 0.2) is 74.7 Å². The molecule has 27 heavy (non-hydrogen) atoms. The molecule has 0 aliphatic carbocycles. The van der Waals surface area contributed by atoms with Crippen LogP contribution in [0.5, 0.6) is 0 Å². The van der Waals surface area contributed by atoms with Gasteiger partial charge in [-0.15, -0.1) is 0 Å².